The molecule has 0 radical (unpaired) electrons. The van der Waals surface area contributed by atoms with Gasteiger partial charge in [0.15, 0.2) is 0 Å². The molecule has 1 saturated carbocycles. The van der Waals surface area contributed by atoms with E-state index in [0.29, 0.717) is 18.0 Å². The number of sulfonamides is 1. The first-order valence-electron chi connectivity index (χ1n) is 11.7. The number of aliphatic carboxylic acids is 1. The molecule has 4 rings (SSSR count). The van der Waals surface area contributed by atoms with Gasteiger partial charge in [-0.2, -0.15) is 13.2 Å². The van der Waals surface area contributed by atoms with Crippen molar-refractivity contribution in [3.63, 3.8) is 0 Å². The molecule has 1 aromatic heterocycles. The van der Waals surface area contributed by atoms with Crippen LogP contribution in [0.5, 0.6) is 0 Å². The number of hydrogen-bond acceptors (Lipinski definition) is 5. The van der Waals surface area contributed by atoms with Gasteiger partial charge in [-0.3, -0.25) is 9.52 Å². The van der Waals surface area contributed by atoms with Crippen molar-refractivity contribution in [3.8, 4) is 0 Å². The molecule has 204 valence electrons. The van der Waals surface area contributed by atoms with Crippen LogP contribution < -0.4 is 10.0 Å². The Morgan fingerprint density at radius 3 is 2.11 bits per heavy atom. The lowest BCUT2D eigenvalue weighted by Gasteiger charge is -2.16. The molecule has 1 aliphatic rings. The summed E-state index contributed by atoms with van der Waals surface area (Å²) in [6.07, 6.45) is -0.0306. The highest BCUT2D eigenvalue weighted by atomic mass is 32.2. The quantitative estimate of drug-likeness (QED) is 0.343. The van der Waals surface area contributed by atoms with E-state index < -0.39 is 27.6 Å². The first-order chi connectivity index (χ1) is 17.9. The number of hydrogen-bond donors (Lipinski definition) is 3. The molecule has 8 nitrogen and oxygen atoms in total. The van der Waals surface area contributed by atoms with E-state index in [1.165, 1.54) is 0 Å². The summed E-state index contributed by atoms with van der Waals surface area (Å²) in [6, 6.07) is 17.6. The van der Waals surface area contributed by atoms with E-state index in [0.717, 1.165) is 36.8 Å². The lowest BCUT2D eigenvalue weighted by molar-refractivity contribution is -0.192. The number of rotatable bonds is 9. The van der Waals surface area contributed by atoms with Gasteiger partial charge in [-0.1, -0.05) is 37.6 Å². The number of carboxylic acids is 1. The van der Waals surface area contributed by atoms with Gasteiger partial charge in [0, 0.05) is 5.69 Å². The molecule has 0 aliphatic heterocycles. The van der Waals surface area contributed by atoms with Crippen LogP contribution >= 0.6 is 0 Å². The van der Waals surface area contributed by atoms with Crippen molar-refractivity contribution in [2.75, 3.05) is 4.72 Å². The third kappa shape index (κ3) is 7.37. The van der Waals surface area contributed by atoms with Gasteiger partial charge in [-0.15, -0.1) is 0 Å². The second-order valence-electron chi connectivity index (χ2n) is 8.72. The number of carbonyl (C=O) groups excluding carboxylic acids is 1. The molecule has 38 heavy (non-hydrogen) atoms. The summed E-state index contributed by atoms with van der Waals surface area (Å²) in [7, 11) is -3.67. The number of carboxylic acid groups (broad SMARTS) is 1. The smallest absolute Gasteiger partial charge is 0.475 e. The fraction of sp³-hybridized carbons (Fsp3) is 0.308. The normalized spacial score (nSPS) is 14.1. The minimum absolute atomic E-state index is 0.0376. The molecular formula is C26H27F3N2O6S. The van der Waals surface area contributed by atoms with E-state index >= 15 is 0 Å². The number of aryl methyl sites for hydroxylation is 1. The maximum Gasteiger partial charge on any atom is 0.490 e. The van der Waals surface area contributed by atoms with Crippen LogP contribution in [0.3, 0.4) is 0 Å². The van der Waals surface area contributed by atoms with Crippen LogP contribution in [0.25, 0.3) is 0 Å². The monoisotopic (exact) mass is 552 g/mol. The zero-order chi connectivity index (χ0) is 28.0. The summed E-state index contributed by atoms with van der Waals surface area (Å²) in [5.41, 5.74) is 1.93. The topological polar surface area (TPSA) is 126 Å². The Morgan fingerprint density at radius 1 is 1.03 bits per heavy atom. The van der Waals surface area contributed by atoms with Crippen LogP contribution in [0.4, 0.5) is 18.9 Å². The predicted octanol–water partition coefficient (Wildman–Crippen LogP) is 5.01. The summed E-state index contributed by atoms with van der Waals surface area (Å²) in [5, 5.41) is 10.1. The van der Waals surface area contributed by atoms with Crippen LogP contribution in [-0.4, -0.2) is 31.6 Å². The maximum atomic E-state index is 12.7. The van der Waals surface area contributed by atoms with Crippen LogP contribution in [0.2, 0.25) is 0 Å². The van der Waals surface area contributed by atoms with Gasteiger partial charge < -0.3 is 14.8 Å². The molecule has 2 aromatic carbocycles. The predicted molar refractivity (Wildman–Crippen MR) is 133 cm³/mol. The van der Waals surface area contributed by atoms with Crippen molar-refractivity contribution >= 4 is 27.6 Å². The Balaban J connectivity index is 0.000000505. The number of alkyl halides is 3. The zero-order valence-corrected chi connectivity index (χ0v) is 21.2. The van der Waals surface area contributed by atoms with Gasteiger partial charge in [0.05, 0.1) is 23.1 Å². The van der Waals surface area contributed by atoms with Crippen LogP contribution in [-0.2, 0) is 38.0 Å². The number of anilines is 1. The van der Waals surface area contributed by atoms with Crippen molar-refractivity contribution in [2.45, 2.75) is 55.6 Å². The SMILES string of the molecule is CCCc1ccc(S(=O)(=O)Nc2ccc(C3(C(=O)NCc4ccco4)CC3)cc2)cc1.O=C(O)C(F)(F)F. The average molecular weight is 553 g/mol. The second-order valence-corrected chi connectivity index (χ2v) is 10.4. The van der Waals surface area contributed by atoms with Crippen molar-refractivity contribution in [1.82, 2.24) is 5.32 Å². The molecule has 0 atom stereocenters. The number of amides is 1. The molecular weight excluding hydrogens is 525 g/mol. The highest BCUT2D eigenvalue weighted by Gasteiger charge is 2.51. The summed E-state index contributed by atoms with van der Waals surface area (Å²) < 4.78 is 65.0. The van der Waals surface area contributed by atoms with Crippen molar-refractivity contribution in [3.05, 3.63) is 83.8 Å². The third-order valence-electron chi connectivity index (χ3n) is 5.89. The van der Waals surface area contributed by atoms with E-state index in [1.807, 2.05) is 30.3 Å². The Morgan fingerprint density at radius 2 is 1.63 bits per heavy atom. The minimum Gasteiger partial charge on any atom is -0.475 e. The molecule has 1 amide bonds. The molecule has 0 bridgehead atoms. The van der Waals surface area contributed by atoms with Gasteiger partial charge in [-0.05, 0) is 66.8 Å². The summed E-state index contributed by atoms with van der Waals surface area (Å²) >= 11 is 0. The molecule has 0 spiro atoms. The number of halogens is 3. The highest BCUT2D eigenvalue weighted by molar-refractivity contribution is 7.92. The largest absolute Gasteiger partial charge is 0.490 e. The zero-order valence-electron chi connectivity index (χ0n) is 20.4. The van der Waals surface area contributed by atoms with Crippen molar-refractivity contribution < 1.29 is 40.7 Å². The van der Waals surface area contributed by atoms with Gasteiger partial charge in [0.2, 0.25) is 5.91 Å². The van der Waals surface area contributed by atoms with E-state index in [1.54, 1.807) is 36.6 Å². The van der Waals surface area contributed by atoms with Gasteiger partial charge in [0.1, 0.15) is 5.76 Å². The van der Waals surface area contributed by atoms with E-state index in [2.05, 4.69) is 17.0 Å². The van der Waals surface area contributed by atoms with Crippen molar-refractivity contribution in [1.29, 1.82) is 0 Å². The molecule has 3 N–H and O–H groups in total. The van der Waals surface area contributed by atoms with E-state index in [9.17, 15) is 26.4 Å². The number of furan rings is 1. The number of carbonyl (C=O) groups is 2. The average Bonchev–Trinajstić information content (AvgIpc) is 3.51. The lowest BCUT2D eigenvalue weighted by atomic mass is 9.95. The Bertz CT molecular complexity index is 1330. The number of nitrogens with one attached hydrogen (secondary N) is 2. The van der Waals surface area contributed by atoms with E-state index in [-0.39, 0.29) is 10.8 Å². The standard InChI is InChI=1S/C24H26N2O4S.C2HF3O2/c1-2-4-18-6-12-22(13-7-18)31(28,29)26-20-10-8-19(9-11-20)24(14-15-24)23(27)25-17-21-5-3-16-30-21;3-2(4,5)1(6)7/h3,5-13,16,26H,2,4,14-15,17H2,1H3,(H,25,27);(H,6,7). The molecule has 1 fully saturated rings. The summed E-state index contributed by atoms with van der Waals surface area (Å²) in [5.74, 6) is -2.09. The lowest BCUT2D eigenvalue weighted by Crippen LogP contribution is -2.34. The van der Waals surface area contributed by atoms with Gasteiger partial charge in [0.25, 0.3) is 10.0 Å². The van der Waals surface area contributed by atoms with Gasteiger partial charge >= 0.3 is 12.1 Å². The maximum absolute atomic E-state index is 12.7. The second kappa shape index (κ2) is 11.7. The van der Waals surface area contributed by atoms with Crippen LogP contribution in [0.1, 0.15) is 43.1 Å². The van der Waals surface area contributed by atoms with Gasteiger partial charge in [-0.25, -0.2) is 13.2 Å². The van der Waals surface area contributed by atoms with Crippen molar-refractivity contribution in [2.24, 2.45) is 0 Å². The molecule has 1 heterocycles. The first-order valence-corrected chi connectivity index (χ1v) is 13.2. The molecule has 12 heteroatoms. The Labute approximate surface area is 217 Å². The Kier molecular flexibility index (Phi) is 8.87. The third-order valence-corrected chi connectivity index (χ3v) is 7.29. The van der Waals surface area contributed by atoms with Crippen LogP contribution in [0, 0.1) is 0 Å². The first kappa shape index (κ1) is 28.8. The van der Waals surface area contributed by atoms with E-state index in [4.69, 9.17) is 14.3 Å². The number of benzene rings is 2. The highest BCUT2D eigenvalue weighted by Crippen LogP contribution is 2.48. The fourth-order valence-electron chi connectivity index (χ4n) is 3.72. The summed E-state index contributed by atoms with van der Waals surface area (Å²) in [6.45, 7) is 2.44. The molecule has 0 unspecified atom stereocenters. The molecule has 0 saturated heterocycles. The van der Waals surface area contributed by atoms with Crippen LogP contribution in [0.15, 0.2) is 76.2 Å². The molecule has 1 aliphatic carbocycles. The fourth-order valence-corrected chi connectivity index (χ4v) is 4.78. The Hall–Kier alpha value is -3.80. The minimum atomic E-state index is -5.08. The summed E-state index contributed by atoms with van der Waals surface area (Å²) in [4.78, 5) is 21.9. The molecule has 3 aromatic rings.